The molecule has 2 nitrogen and oxygen atoms in total. The highest BCUT2D eigenvalue weighted by atomic mass is 35.5. The minimum Gasteiger partial charge on any atom is -0.386 e. The molecule has 1 aromatic rings. The molecule has 0 atom stereocenters. The van der Waals surface area contributed by atoms with Crippen LogP contribution < -0.4 is 4.74 Å². The minimum atomic E-state index is -4.87. The first-order valence-electron chi connectivity index (χ1n) is 3.06. The third-order valence-electron chi connectivity index (χ3n) is 1.10. The van der Waals surface area contributed by atoms with Crippen LogP contribution in [0.5, 0.6) is 5.88 Å². The second kappa shape index (κ2) is 4.00. The second-order valence-electron chi connectivity index (χ2n) is 2.09. The molecular weight excluding hydrogens is 265 g/mol. The van der Waals surface area contributed by atoms with Crippen molar-refractivity contribution in [3.8, 4) is 5.88 Å². The van der Waals surface area contributed by atoms with Gasteiger partial charge >= 0.3 is 6.36 Å². The molecule has 14 heavy (non-hydrogen) atoms. The van der Waals surface area contributed by atoms with E-state index in [0.29, 0.717) is 0 Å². The molecule has 0 saturated heterocycles. The zero-order chi connectivity index (χ0) is 10.9. The Hall–Kier alpha value is -0.390. The highest BCUT2D eigenvalue weighted by molar-refractivity contribution is 6.48. The summed E-state index contributed by atoms with van der Waals surface area (Å²) >= 11 is 16.3. The molecule has 0 saturated carbocycles. The number of pyridine rings is 1. The van der Waals surface area contributed by atoms with Gasteiger partial charge in [-0.1, -0.05) is 34.8 Å². The molecule has 0 aromatic carbocycles. The average Bonchev–Trinajstić information content (AvgIpc) is 2.04. The number of hydrogen-bond acceptors (Lipinski definition) is 2. The lowest BCUT2D eigenvalue weighted by atomic mass is 10.5. The maximum absolute atomic E-state index is 11.8. The highest BCUT2D eigenvalue weighted by Crippen LogP contribution is 2.37. The molecular formula is C6HCl3F3NO. The van der Waals surface area contributed by atoms with Crippen molar-refractivity contribution in [3.05, 3.63) is 21.3 Å². The summed E-state index contributed by atoms with van der Waals surface area (Å²) in [6.07, 6.45) is -3.95. The molecule has 0 aliphatic rings. The van der Waals surface area contributed by atoms with Crippen LogP contribution in [0.15, 0.2) is 6.20 Å². The number of hydrogen-bond donors (Lipinski definition) is 0. The van der Waals surface area contributed by atoms with Gasteiger partial charge in [0.1, 0.15) is 5.02 Å². The number of ether oxygens (including phenoxy) is 1. The van der Waals surface area contributed by atoms with Gasteiger partial charge in [-0.2, -0.15) is 0 Å². The molecule has 0 unspecified atom stereocenters. The van der Waals surface area contributed by atoms with Crippen LogP contribution in [-0.2, 0) is 0 Å². The lowest BCUT2D eigenvalue weighted by Crippen LogP contribution is -2.18. The second-order valence-corrected chi connectivity index (χ2v) is 3.25. The quantitative estimate of drug-likeness (QED) is 0.768. The standard InChI is InChI=1S/C6HCl3F3NO/c7-2-1-13-5(4(9)3(2)8)14-6(10,11)12/h1H. The van der Waals surface area contributed by atoms with Crippen LogP contribution >= 0.6 is 34.8 Å². The lowest BCUT2D eigenvalue weighted by Gasteiger charge is -2.09. The summed E-state index contributed by atoms with van der Waals surface area (Å²) in [5.41, 5.74) is 0. The summed E-state index contributed by atoms with van der Waals surface area (Å²) in [6, 6.07) is 0. The van der Waals surface area contributed by atoms with Crippen LogP contribution in [0.2, 0.25) is 15.1 Å². The fourth-order valence-corrected chi connectivity index (χ4v) is 1.12. The normalized spacial score (nSPS) is 11.6. The van der Waals surface area contributed by atoms with Gasteiger partial charge in [0.15, 0.2) is 0 Å². The first-order valence-corrected chi connectivity index (χ1v) is 4.20. The van der Waals surface area contributed by atoms with E-state index in [0.717, 1.165) is 6.20 Å². The van der Waals surface area contributed by atoms with E-state index in [1.165, 1.54) is 0 Å². The van der Waals surface area contributed by atoms with Gasteiger partial charge in [-0.3, -0.25) is 0 Å². The van der Waals surface area contributed by atoms with E-state index in [9.17, 15) is 13.2 Å². The molecule has 0 fully saturated rings. The van der Waals surface area contributed by atoms with E-state index >= 15 is 0 Å². The molecule has 0 bridgehead atoms. The third-order valence-corrected chi connectivity index (χ3v) is 2.32. The average molecular weight is 266 g/mol. The van der Waals surface area contributed by atoms with Crippen LogP contribution in [0, 0.1) is 0 Å². The van der Waals surface area contributed by atoms with Gasteiger partial charge in [0.05, 0.1) is 16.2 Å². The van der Waals surface area contributed by atoms with E-state index in [1.54, 1.807) is 0 Å². The van der Waals surface area contributed by atoms with Crippen LogP contribution in [0.4, 0.5) is 13.2 Å². The van der Waals surface area contributed by atoms with E-state index in [4.69, 9.17) is 34.8 Å². The molecule has 0 aliphatic heterocycles. The molecule has 8 heteroatoms. The van der Waals surface area contributed by atoms with E-state index in [2.05, 4.69) is 9.72 Å². The Morgan fingerprint density at radius 3 is 2.21 bits per heavy atom. The lowest BCUT2D eigenvalue weighted by molar-refractivity contribution is -0.276. The molecule has 1 rings (SSSR count). The predicted octanol–water partition coefficient (Wildman–Crippen LogP) is 3.94. The summed E-state index contributed by atoms with van der Waals surface area (Å²) < 4.78 is 38.8. The highest BCUT2D eigenvalue weighted by Gasteiger charge is 2.33. The number of rotatable bonds is 1. The first kappa shape index (κ1) is 11.7. The zero-order valence-corrected chi connectivity index (χ0v) is 8.47. The number of alkyl halides is 3. The monoisotopic (exact) mass is 265 g/mol. The van der Waals surface area contributed by atoms with Gasteiger partial charge in [0.25, 0.3) is 0 Å². The summed E-state index contributed by atoms with van der Waals surface area (Å²) in [6.45, 7) is 0. The summed E-state index contributed by atoms with van der Waals surface area (Å²) in [7, 11) is 0. The van der Waals surface area contributed by atoms with Gasteiger partial charge in [0.2, 0.25) is 5.88 Å². The summed E-state index contributed by atoms with van der Waals surface area (Å²) in [5.74, 6) is -0.825. The van der Waals surface area contributed by atoms with Crippen molar-refractivity contribution in [2.45, 2.75) is 6.36 Å². The molecule has 1 heterocycles. The van der Waals surface area contributed by atoms with Crippen LogP contribution in [0.25, 0.3) is 0 Å². The molecule has 0 spiro atoms. The Bertz CT molecular complexity index is 355. The molecule has 0 radical (unpaired) electrons. The van der Waals surface area contributed by atoms with E-state index < -0.39 is 17.3 Å². The Labute approximate surface area is 91.5 Å². The van der Waals surface area contributed by atoms with Crippen molar-refractivity contribution in [1.82, 2.24) is 4.98 Å². The third kappa shape index (κ3) is 2.80. The van der Waals surface area contributed by atoms with E-state index in [1.807, 2.05) is 0 Å². The summed E-state index contributed by atoms with van der Waals surface area (Å²) in [5, 5.41) is -0.759. The van der Waals surface area contributed by atoms with Gasteiger partial charge in [0, 0.05) is 0 Å². The number of aromatic nitrogens is 1. The van der Waals surface area contributed by atoms with Gasteiger partial charge < -0.3 is 4.74 Å². The van der Waals surface area contributed by atoms with Gasteiger partial charge in [-0.15, -0.1) is 13.2 Å². The van der Waals surface area contributed by atoms with Gasteiger partial charge in [-0.05, 0) is 0 Å². The maximum atomic E-state index is 11.8. The topological polar surface area (TPSA) is 22.1 Å². The molecule has 78 valence electrons. The fraction of sp³-hybridized carbons (Fsp3) is 0.167. The number of nitrogens with zero attached hydrogens (tertiary/aromatic N) is 1. The van der Waals surface area contributed by atoms with Crippen molar-refractivity contribution in [2.75, 3.05) is 0 Å². The Morgan fingerprint density at radius 2 is 1.71 bits per heavy atom. The Kier molecular flexibility index (Phi) is 3.34. The molecule has 0 aliphatic carbocycles. The van der Waals surface area contributed by atoms with Crippen LogP contribution in [0.1, 0.15) is 0 Å². The van der Waals surface area contributed by atoms with Crippen molar-refractivity contribution >= 4 is 34.8 Å². The van der Waals surface area contributed by atoms with Crippen molar-refractivity contribution in [1.29, 1.82) is 0 Å². The van der Waals surface area contributed by atoms with E-state index in [-0.39, 0.29) is 10.0 Å². The fourth-order valence-electron chi connectivity index (χ4n) is 0.608. The Balaban J connectivity index is 3.06. The minimum absolute atomic E-state index is 0.0498. The smallest absolute Gasteiger partial charge is 0.386 e. The van der Waals surface area contributed by atoms with Crippen molar-refractivity contribution < 1.29 is 17.9 Å². The molecule has 0 amide bonds. The first-order chi connectivity index (χ1) is 6.31. The number of halogens is 6. The van der Waals surface area contributed by atoms with Crippen LogP contribution in [-0.4, -0.2) is 11.3 Å². The SMILES string of the molecule is FC(F)(F)Oc1ncc(Cl)c(Cl)c1Cl. The summed E-state index contributed by atoms with van der Waals surface area (Å²) in [4.78, 5) is 3.23. The zero-order valence-electron chi connectivity index (χ0n) is 6.20. The largest absolute Gasteiger partial charge is 0.574 e. The van der Waals surface area contributed by atoms with Crippen molar-refractivity contribution in [2.24, 2.45) is 0 Å². The van der Waals surface area contributed by atoms with Crippen molar-refractivity contribution in [3.63, 3.8) is 0 Å². The molecule has 1 aromatic heterocycles. The van der Waals surface area contributed by atoms with Crippen LogP contribution in [0.3, 0.4) is 0 Å². The maximum Gasteiger partial charge on any atom is 0.574 e. The van der Waals surface area contributed by atoms with Gasteiger partial charge in [-0.25, -0.2) is 4.98 Å². The predicted molar refractivity (Wildman–Crippen MR) is 46.0 cm³/mol. The molecule has 0 N–H and O–H groups in total. The Morgan fingerprint density at radius 1 is 1.14 bits per heavy atom.